The fraction of sp³-hybridized carbons (Fsp3) is 0.929. The fourth-order valence-electron chi connectivity index (χ4n) is 2.12. The summed E-state index contributed by atoms with van der Waals surface area (Å²) in [5, 5.41) is 17.3. The maximum absolute atomic E-state index is 9.20. The van der Waals surface area contributed by atoms with Crippen molar-refractivity contribution in [2.24, 2.45) is 11.3 Å². The van der Waals surface area contributed by atoms with Crippen LogP contribution in [0.3, 0.4) is 0 Å². The van der Waals surface area contributed by atoms with Crippen molar-refractivity contribution in [1.29, 1.82) is 5.41 Å². The molecule has 2 N–H and O–H groups in total. The van der Waals surface area contributed by atoms with Gasteiger partial charge in [-0.15, -0.1) is 0 Å². The van der Waals surface area contributed by atoms with Crippen LogP contribution in [0.5, 0.6) is 0 Å². The van der Waals surface area contributed by atoms with Crippen molar-refractivity contribution in [3.8, 4) is 0 Å². The minimum atomic E-state index is -0.217. The molecule has 17 heavy (non-hydrogen) atoms. The Morgan fingerprint density at radius 3 is 2.29 bits per heavy atom. The molecule has 0 amide bonds. The summed E-state index contributed by atoms with van der Waals surface area (Å²) >= 11 is 0. The zero-order valence-electron chi connectivity index (χ0n) is 12.0. The van der Waals surface area contributed by atoms with Gasteiger partial charge in [-0.3, -0.25) is 5.41 Å². The predicted molar refractivity (Wildman–Crippen MR) is 72.4 cm³/mol. The molecule has 0 aliphatic rings. The largest absolute Gasteiger partial charge is 0.475 e. The Morgan fingerprint density at radius 1 is 1.35 bits per heavy atom. The summed E-state index contributed by atoms with van der Waals surface area (Å²) in [5.74, 6) is 0.879. The lowest BCUT2D eigenvalue weighted by Gasteiger charge is -2.32. The molecule has 0 aliphatic carbocycles. The van der Waals surface area contributed by atoms with Gasteiger partial charge in [0.25, 0.3) is 0 Å². The molecule has 0 aromatic carbocycles. The number of aliphatic hydroxyl groups excluding tert-OH is 1. The van der Waals surface area contributed by atoms with E-state index in [1.165, 1.54) is 0 Å². The lowest BCUT2D eigenvalue weighted by molar-refractivity contribution is 0.0784. The quantitative estimate of drug-likeness (QED) is 0.505. The van der Waals surface area contributed by atoms with Crippen molar-refractivity contribution in [3.63, 3.8) is 0 Å². The van der Waals surface area contributed by atoms with Gasteiger partial charge in [0.2, 0.25) is 0 Å². The Balaban J connectivity index is 4.52. The van der Waals surface area contributed by atoms with E-state index >= 15 is 0 Å². The monoisotopic (exact) mass is 243 g/mol. The average molecular weight is 243 g/mol. The molecule has 2 unspecified atom stereocenters. The molecule has 0 aromatic heterocycles. The van der Waals surface area contributed by atoms with E-state index in [1.54, 1.807) is 0 Å². The highest BCUT2D eigenvalue weighted by molar-refractivity contribution is 5.79. The van der Waals surface area contributed by atoms with E-state index in [1.807, 2.05) is 0 Å². The zero-order chi connectivity index (χ0) is 13.5. The van der Waals surface area contributed by atoms with Gasteiger partial charge in [-0.05, 0) is 25.2 Å². The van der Waals surface area contributed by atoms with Gasteiger partial charge in [-0.1, -0.05) is 41.0 Å². The molecule has 0 aromatic rings. The zero-order valence-corrected chi connectivity index (χ0v) is 12.0. The molecule has 0 spiro atoms. The summed E-state index contributed by atoms with van der Waals surface area (Å²) in [4.78, 5) is 0. The second-order valence-electron chi connectivity index (χ2n) is 5.55. The summed E-state index contributed by atoms with van der Waals surface area (Å²) in [6, 6.07) is 0. The van der Waals surface area contributed by atoms with E-state index in [9.17, 15) is 5.11 Å². The van der Waals surface area contributed by atoms with Gasteiger partial charge in [0.05, 0.1) is 6.61 Å². The van der Waals surface area contributed by atoms with Crippen LogP contribution in [0.15, 0.2) is 0 Å². The molecule has 2 atom stereocenters. The molecule has 0 saturated heterocycles. The van der Waals surface area contributed by atoms with Crippen molar-refractivity contribution >= 4 is 5.90 Å². The van der Waals surface area contributed by atoms with E-state index in [2.05, 4.69) is 34.6 Å². The highest BCUT2D eigenvalue weighted by Gasteiger charge is 2.31. The van der Waals surface area contributed by atoms with E-state index in [0.717, 1.165) is 25.7 Å². The van der Waals surface area contributed by atoms with E-state index in [-0.39, 0.29) is 18.1 Å². The van der Waals surface area contributed by atoms with Crippen LogP contribution in [-0.2, 0) is 4.74 Å². The smallest absolute Gasteiger partial charge is 0.186 e. The van der Waals surface area contributed by atoms with Gasteiger partial charge in [0.1, 0.15) is 6.10 Å². The summed E-state index contributed by atoms with van der Waals surface area (Å²) in [6.07, 6.45) is 3.40. The third kappa shape index (κ3) is 5.53. The third-order valence-electron chi connectivity index (χ3n) is 3.29. The molecule has 0 bridgehead atoms. The molecule has 0 rings (SSSR count). The fourth-order valence-corrected chi connectivity index (χ4v) is 2.12. The van der Waals surface area contributed by atoms with Crippen LogP contribution in [0, 0.1) is 16.7 Å². The molecule has 3 heteroatoms. The van der Waals surface area contributed by atoms with Crippen molar-refractivity contribution in [3.05, 3.63) is 0 Å². The predicted octanol–water partition coefficient (Wildman–Crippen LogP) is 3.60. The summed E-state index contributed by atoms with van der Waals surface area (Å²) in [6.45, 7) is 10.6. The third-order valence-corrected chi connectivity index (χ3v) is 3.29. The average Bonchev–Trinajstić information content (AvgIpc) is 2.27. The first kappa shape index (κ1) is 16.4. The number of aliphatic hydroxyl groups is 1. The topological polar surface area (TPSA) is 53.3 Å². The van der Waals surface area contributed by atoms with Crippen molar-refractivity contribution in [2.45, 2.75) is 66.4 Å². The minimum Gasteiger partial charge on any atom is -0.475 e. The molecule has 102 valence electrons. The molecule has 0 saturated carbocycles. The SMILES string of the molecule is CCCC(CO)OC(=N)C(C)(CC)CC(C)C. The highest BCUT2D eigenvalue weighted by Crippen LogP contribution is 2.32. The van der Waals surface area contributed by atoms with Gasteiger partial charge < -0.3 is 9.84 Å². The Morgan fingerprint density at radius 2 is 1.94 bits per heavy atom. The van der Waals surface area contributed by atoms with E-state index < -0.39 is 0 Å². The molecule has 0 radical (unpaired) electrons. The molecule has 0 fully saturated rings. The summed E-state index contributed by atoms with van der Waals surface area (Å²) in [7, 11) is 0. The van der Waals surface area contributed by atoms with Crippen molar-refractivity contribution in [2.75, 3.05) is 6.61 Å². The Labute approximate surface area is 106 Å². The summed E-state index contributed by atoms with van der Waals surface area (Å²) < 4.78 is 5.63. The van der Waals surface area contributed by atoms with Crippen LogP contribution in [0.1, 0.15) is 60.3 Å². The first-order valence-electron chi connectivity index (χ1n) is 6.76. The van der Waals surface area contributed by atoms with Crippen molar-refractivity contribution < 1.29 is 9.84 Å². The van der Waals surface area contributed by atoms with E-state index in [4.69, 9.17) is 10.1 Å². The summed E-state index contributed by atoms with van der Waals surface area (Å²) in [5.41, 5.74) is -0.199. The van der Waals surface area contributed by atoms with Crippen LogP contribution in [-0.4, -0.2) is 23.7 Å². The number of ether oxygens (including phenoxy) is 1. The van der Waals surface area contributed by atoms with Gasteiger partial charge >= 0.3 is 0 Å². The first-order valence-corrected chi connectivity index (χ1v) is 6.76. The maximum Gasteiger partial charge on any atom is 0.186 e. The van der Waals surface area contributed by atoms with Gasteiger partial charge in [0.15, 0.2) is 5.90 Å². The Kier molecular flexibility index (Phi) is 7.44. The van der Waals surface area contributed by atoms with Crippen LogP contribution >= 0.6 is 0 Å². The number of hydrogen-bond donors (Lipinski definition) is 2. The van der Waals surface area contributed by atoms with Crippen LogP contribution in [0.4, 0.5) is 0 Å². The number of rotatable bonds is 8. The highest BCUT2D eigenvalue weighted by atomic mass is 16.5. The maximum atomic E-state index is 9.20. The van der Waals surface area contributed by atoms with Crippen molar-refractivity contribution in [1.82, 2.24) is 0 Å². The molecule has 3 nitrogen and oxygen atoms in total. The second kappa shape index (κ2) is 7.70. The Hall–Kier alpha value is -0.570. The minimum absolute atomic E-state index is 0.00229. The standard InChI is InChI=1S/C14H29NO2/c1-6-8-12(10-16)17-13(15)14(5,7-2)9-11(3)4/h11-12,15-16H,6-10H2,1-5H3. The molecular formula is C14H29NO2. The molecule has 0 aliphatic heterocycles. The number of hydrogen-bond acceptors (Lipinski definition) is 3. The van der Waals surface area contributed by atoms with Gasteiger partial charge in [-0.2, -0.15) is 0 Å². The van der Waals surface area contributed by atoms with Crippen LogP contribution < -0.4 is 0 Å². The van der Waals surface area contributed by atoms with Crippen LogP contribution in [0.25, 0.3) is 0 Å². The number of nitrogens with one attached hydrogen (secondary N) is 1. The first-order chi connectivity index (χ1) is 7.89. The lowest BCUT2D eigenvalue weighted by Crippen LogP contribution is -2.34. The van der Waals surface area contributed by atoms with E-state index in [0.29, 0.717) is 11.8 Å². The Bertz CT molecular complexity index is 228. The van der Waals surface area contributed by atoms with Gasteiger partial charge in [0, 0.05) is 5.41 Å². The van der Waals surface area contributed by atoms with Gasteiger partial charge in [-0.25, -0.2) is 0 Å². The lowest BCUT2D eigenvalue weighted by atomic mass is 9.79. The molecular weight excluding hydrogens is 214 g/mol. The molecule has 0 heterocycles. The second-order valence-corrected chi connectivity index (χ2v) is 5.55. The van der Waals surface area contributed by atoms with Crippen LogP contribution in [0.2, 0.25) is 0 Å². The normalized spacial score (nSPS) is 16.6.